The molecule has 0 unspecified atom stereocenters. The van der Waals surface area contributed by atoms with Gasteiger partial charge in [-0.1, -0.05) is 11.6 Å². The van der Waals surface area contributed by atoms with Crippen molar-refractivity contribution in [3.63, 3.8) is 0 Å². The van der Waals surface area contributed by atoms with Crippen molar-refractivity contribution in [3.8, 4) is 0 Å². The van der Waals surface area contributed by atoms with Crippen LogP contribution in [0.3, 0.4) is 0 Å². The molecule has 1 aromatic carbocycles. The van der Waals surface area contributed by atoms with Gasteiger partial charge < -0.3 is 4.90 Å². The molecule has 0 fully saturated rings. The van der Waals surface area contributed by atoms with Gasteiger partial charge in [0, 0.05) is 29.6 Å². The molecule has 0 radical (unpaired) electrons. The molecule has 0 saturated heterocycles. The first-order chi connectivity index (χ1) is 9.13. The minimum absolute atomic E-state index is 0.0360. The van der Waals surface area contributed by atoms with Crippen molar-refractivity contribution in [2.24, 2.45) is 0 Å². The van der Waals surface area contributed by atoms with Crippen molar-refractivity contribution in [2.45, 2.75) is 6.92 Å². The number of carbonyl (C=O) groups excluding carboxylic acids is 1. The Morgan fingerprint density at radius 3 is 2.63 bits per heavy atom. The van der Waals surface area contributed by atoms with Crippen LogP contribution in [0.2, 0.25) is 5.02 Å². The second kappa shape index (κ2) is 5.80. The predicted octanol–water partition coefficient (Wildman–Crippen LogP) is 3.54. The molecule has 0 spiro atoms. The Labute approximate surface area is 115 Å². The zero-order valence-electron chi connectivity index (χ0n) is 10.3. The van der Waals surface area contributed by atoms with Crippen molar-refractivity contribution in [1.29, 1.82) is 0 Å². The lowest BCUT2D eigenvalue weighted by Gasteiger charge is -2.21. The lowest BCUT2D eigenvalue weighted by Crippen LogP contribution is -2.31. The van der Waals surface area contributed by atoms with Gasteiger partial charge in [-0.2, -0.15) is 0 Å². The topological polar surface area (TPSA) is 33.2 Å². The van der Waals surface area contributed by atoms with Gasteiger partial charge in [0.2, 0.25) is 0 Å². The molecule has 3 nitrogen and oxygen atoms in total. The summed E-state index contributed by atoms with van der Waals surface area (Å²) >= 11 is 5.81. The van der Waals surface area contributed by atoms with E-state index < -0.39 is 11.7 Å². The third-order valence-electron chi connectivity index (χ3n) is 2.69. The van der Waals surface area contributed by atoms with Crippen molar-refractivity contribution in [3.05, 3.63) is 59.1 Å². The van der Waals surface area contributed by atoms with E-state index in [9.17, 15) is 9.18 Å². The number of anilines is 1. The Balaban J connectivity index is 2.39. The second-order valence-electron chi connectivity index (χ2n) is 3.88. The largest absolute Gasteiger partial charge is 0.308 e. The summed E-state index contributed by atoms with van der Waals surface area (Å²) in [5.41, 5.74) is 0.632. The minimum atomic E-state index is -0.582. The molecule has 19 heavy (non-hydrogen) atoms. The molecule has 2 aromatic rings. The van der Waals surface area contributed by atoms with E-state index in [-0.39, 0.29) is 5.56 Å². The molecule has 5 heteroatoms. The number of hydrogen-bond acceptors (Lipinski definition) is 2. The first kappa shape index (κ1) is 13.5. The van der Waals surface area contributed by atoms with Crippen molar-refractivity contribution < 1.29 is 9.18 Å². The van der Waals surface area contributed by atoms with Crippen LogP contribution >= 0.6 is 11.6 Å². The monoisotopic (exact) mass is 278 g/mol. The predicted molar refractivity (Wildman–Crippen MR) is 73.0 cm³/mol. The highest BCUT2D eigenvalue weighted by Gasteiger charge is 2.19. The van der Waals surface area contributed by atoms with Gasteiger partial charge in [-0.3, -0.25) is 9.78 Å². The number of amides is 1. The van der Waals surface area contributed by atoms with Gasteiger partial charge >= 0.3 is 0 Å². The Bertz CT molecular complexity index is 589. The molecule has 0 bridgehead atoms. The van der Waals surface area contributed by atoms with Crippen LogP contribution < -0.4 is 4.90 Å². The molecule has 2 rings (SSSR count). The molecule has 1 amide bonds. The highest BCUT2D eigenvalue weighted by molar-refractivity contribution is 6.31. The van der Waals surface area contributed by atoms with E-state index in [2.05, 4.69) is 4.98 Å². The quantitative estimate of drug-likeness (QED) is 0.860. The average Bonchev–Trinajstić information content (AvgIpc) is 2.43. The van der Waals surface area contributed by atoms with Crippen LogP contribution in [0, 0.1) is 5.82 Å². The van der Waals surface area contributed by atoms with Gasteiger partial charge in [0.05, 0.1) is 5.56 Å². The van der Waals surface area contributed by atoms with E-state index >= 15 is 0 Å². The van der Waals surface area contributed by atoms with E-state index in [1.54, 1.807) is 24.5 Å². The molecule has 1 heterocycles. The van der Waals surface area contributed by atoms with Crippen LogP contribution in [0.15, 0.2) is 42.7 Å². The molecule has 1 aromatic heterocycles. The summed E-state index contributed by atoms with van der Waals surface area (Å²) < 4.78 is 13.7. The van der Waals surface area contributed by atoms with Gasteiger partial charge in [0.1, 0.15) is 5.82 Å². The van der Waals surface area contributed by atoms with Crippen molar-refractivity contribution >= 4 is 23.2 Å². The molecule has 0 aliphatic heterocycles. The van der Waals surface area contributed by atoms with Crippen LogP contribution in [0.1, 0.15) is 17.3 Å². The minimum Gasteiger partial charge on any atom is -0.308 e. The van der Waals surface area contributed by atoms with E-state index in [0.717, 1.165) is 0 Å². The smallest absolute Gasteiger partial charge is 0.261 e. The maximum Gasteiger partial charge on any atom is 0.261 e. The fourth-order valence-corrected chi connectivity index (χ4v) is 1.95. The Kier molecular flexibility index (Phi) is 4.12. The van der Waals surface area contributed by atoms with Crippen LogP contribution in [0.25, 0.3) is 0 Å². The van der Waals surface area contributed by atoms with Gasteiger partial charge in [0.25, 0.3) is 5.91 Å². The van der Waals surface area contributed by atoms with Gasteiger partial charge in [0.15, 0.2) is 0 Å². The number of hydrogen-bond donors (Lipinski definition) is 0. The van der Waals surface area contributed by atoms with Gasteiger partial charge in [-0.05, 0) is 37.3 Å². The molecule has 98 valence electrons. The summed E-state index contributed by atoms with van der Waals surface area (Å²) in [4.78, 5) is 17.7. The maximum atomic E-state index is 13.7. The fraction of sp³-hybridized carbons (Fsp3) is 0.143. The third-order valence-corrected chi connectivity index (χ3v) is 2.93. The van der Waals surface area contributed by atoms with Crippen molar-refractivity contribution in [2.75, 3.05) is 11.4 Å². The number of benzene rings is 1. The lowest BCUT2D eigenvalue weighted by molar-refractivity contribution is 0.0984. The zero-order chi connectivity index (χ0) is 13.8. The number of nitrogens with zero attached hydrogens (tertiary/aromatic N) is 2. The van der Waals surface area contributed by atoms with Gasteiger partial charge in [-0.15, -0.1) is 0 Å². The molecule has 0 atom stereocenters. The lowest BCUT2D eigenvalue weighted by atomic mass is 10.1. The van der Waals surface area contributed by atoms with E-state index in [0.29, 0.717) is 17.3 Å². The summed E-state index contributed by atoms with van der Waals surface area (Å²) in [6, 6.07) is 7.34. The first-order valence-corrected chi connectivity index (χ1v) is 6.18. The summed E-state index contributed by atoms with van der Waals surface area (Å²) in [6.07, 6.45) is 3.17. The fourth-order valence-electron chi connectivity index (χ4n) is 1.77. The van der Waals surface area contributed by atoms with Crippen LogP contribution in [-0.4, -0.2) is 17.4 Å². The van der Waals surface area contributed by atoms with Crippen molar-refractivity contribution in [1.82, 2.24) is 4.98 Å². The third kappa shape index (κ3) is 2.90. The molecular weight excluding hydrogens is 267 g/mol. The Morgan fingerprint density at radius 2 is 2.00 bits per heavy atom. The van der Waals surface area contributed by atoms with Gasteiger partial charge in [-0.25, -0.2) is 4.39 Å². The molecular formula is C14H12ClFN2O. The highest BCUT2D eigenvalue weighted by Crippen LogP contribution is 2.20. The van der Waals surface area contributed by atoms with E-state index in [1.807, 2.05) is 6.92 Å². The Hall–Kier alpha value is -1.94. The summed E-state index contributed by atoms with van der Waals surface area (Å²) in [7, 11) is 0. The second-order valence-corrected chi connectivity index (χ2v) is 4.32. The SMILES string of the molecule is CCN(C(=O)c1cc(Cl)ccc1F)c1ccncc1. The summed E-state index contributed by atoms with van der Waals surface area (Å²) in [5, 5.41) is 0.329. The van der Waals surface area contributed by atoms with E-state index in [4.69, 9.17) is 11.6 Å². The maximum absolute atomic E-state index is 13.7. The first-order valence-electron chi connectivity index (χ1n) is 5.80. The Morgan fingerprint density at radius 1 is 1.32 bits per heavy atom. The molecule has 0 aliphatic carbocycles. The number of carbonyl (C=O) groups is 1. The molecule has 0 N–H and O–H groups in total. The standard InChI is InChI=1S/C14H12ClFN2O/c1-2-18(11-5-7-17-8-6-11)14(19)12-9-10(15)3-4-13(12)16/h3-9H,2H2,1H3. The zero-order valence-corrected chi connectivity index (χ0v) is 11.1. The summed E-state index contributed by atoms with van der Waals surface area (Å²) in [5.74, 6) is -1.00. The normalized spacial score (nSPS) is 10.3. The number of rotatable bonds is 3. The number of aromatic nitrogens is 1. The van der Waals surface area contributed by atoms with E-state index in [1.165, 1.54) is 23.1 Å². The molecule has 0 saturated carbocycles. The van der Waals surface area contributed by atoms with Crippen LogP contribution in [0.4, 0.5) is 10.1 Å². The van der Waals surface area contributed by atoms with Crippen LogP contribution in [0.5, 0.6) is 0 Å². The molecule has 0 aliphatic rings. The number of pyridine rings is 1. The van der Waals surface area contributed by atoms with Crippen LogP contribution in [-0.2, 0) is 0 Å². The highest BCUT2D eigenvalue weighted by atomic mass is 35.5. The number of halogens is 2. The average molecular weight is 279 g/mol. The summed E-state index contributed by atoms with van der Waals surface area (Å²) in [6.45, 7) is 2.25.